The van der Waals surface area contributed by atoms with Gasteiger partial charge in [0.05, 0.1) is 5.69 Å². The van der Waals surface area contributed by atoms with Crippen LogP contribution in [-0.4, -0.2) is 11.9 Å². The van der Waals surface area contributed by atoms with Crippen molar-refractivity contribution in [2.75, 3.05) is 5.73 Å². The van der Waals surface area contributed by atoms with Gasteiger partial charge in [-0.1, -0.05) is 18.0 Å². The minimum atomic E-state index is -0.0256. The number of rotatable bonds is 2. The fraction of sp³-hybridized carbons (Fsp3) is 0.438. The van der Waals surface area contributed by atoms with Crippen molar-refractivity contribution in [2.24, 2.45) is 11.8 Å². The Labute approximate surface area is 132 Å². The lowest BCUT2D eigenvalue weighted by Crippen LogP contribution is -2.38. The predicted molar refractivity (Wildman–Crippen MR) is 87.9 cm³/mol. The molecule has 2 saturated carbocycles. The quantitative estimate of drug-likeness (QED) is 0.877. The SMILES string of the molecule is Nc1c(C(=O)NC2CC3CCC2C3)sc2ccc(Cl)cc12. The molecule has 2 aliphatic carbocycles. The van der Waals surface area contributed by atoms with Gasteiger partial charge in [0.2, 0.25) is 0 Å². The zero-order chi connectivity index (χ0) is 14.6. The van der Waals surface area contributed by atoms with Gasteiger partial charge in [-0.25, -0.2) is 0 Å². The minimum absolute atomic E-state index is 0.0256. The van der Waals surface area contributed by atoms with Gasteiger partial charge >= 0.3 is 0 Å². The van der Waals surface area contributed by atoms with E-state index in [4.69, 9.17) is 17.3 Å². The maximum absolute atomic E-state index is 12.5. The molecule has 4 rings (SSSR count). The van der Waals surface area contributed by atoms with Crippen molar-refractivity contribution in [1.82, 2.24) is 5.32 Å². The number of fused-ring (bicyclic) bond motifs is 3. The van der Waals surface area contributed by atoms with Crippen molar-refractivity contribution < 1.29 is 4.79 Å². The molecule has 2 fully saturated rings. The second kappa shape index (κ2) is 4.89. The van der Waals surface area contributed by atoms with Gasteiger partial charge in [-0.05, 0) is 49.3 Å². The number of amides is 1. The molecule has 3 N–H and O–H groups in total. The first-order valence-corrected chi connectivity index (χ1v) is 8.59. The van der Waals surface area contributed by atoms with E-state index >= 15 is 0 Å². The standard InChI is InChI=1S/C16H17ClN2OS/c17-10-3-4-13-11(7-10)14(18)15(21-13)16(20)19-12-6-8-1-2-9(12)5-8/h3-4,7-9,12H,1-2,5-6,18H2,(H,19,20). The molecule has 2 aliphatic rings. The Morgan fingerprint density at radius 2 is 2.19 bits per heavy atom. The lowest BCUT2D eigenvalue weighted by Gasteiger charge is -2.22. The molecular weight excluding hydrogens is 304 g/mol. The highest BCUT2D eigenvalue weighted by atomic mass is 35.5. The third-order valence-corrected chi connectivity index (χ3v) is 6.37. The Morgan fingerprint density at radius 3 is 2.90 bits per heavy atom. The van der Waals surface area contributed by atoms with Gasteiger partial charge in [0.15, 0.2) is 0 Å². The maximum atomic E-state index is 12.5. The van der Waals surface area contributed by atoms with E-state index in [1.165, 1.54) is 30.6 Å². The van der Waals surface area contributed by atoms with E-state index in [1.807, 2.05) is 18.2 Å². The highest BCUT2D eigenvalue weighted by molar-refractivity contribution is 7.21. The number of benzene rings is 1. The Balaban J connectivity index is 1.61. The van der Waals surface area contributed by atoms with E-state index in [9.17, 15) is 4.79 Å². The van der Waals surface area contributed by atoms with Gasteiger partial charge in [-0.2, -0.15) is 0 Å². The third-order valence-electron chi connectivity index (χ3n) is 4.95. The molecule has 2 aromatic rings. The lowest BCUT2D eigenvalue weighted by atomic mass is 9.95. The van der Waals surface area contributed by atoms with Crippen LogP contribution in [0.2, 0.25) is 5.02 Å². The van der Waals surface area contributed by atoms with Crippen molar-refractivity contribution in [3.63, 3.8) is 0 Å². The Hall–Kier alpha value is -1.26. The van der Waals surface area contributed by atoms with Gasteiger partial charge in [-0.3, -0.25) is 4.79 Å². The first-order valence-electron chi connectivity index (χ1n) is 7.40. The van der Waals surface area contributed by atoms with Gasteiger partial charge in [0.1, 0.15) is 4.88 Å². The molecule has 3 nitrogen and oxygen atoms in total. The Kier molecular flexibility index (Phi) is 3.12. The zero-order valence-corrected chi connectivity index (χ0v) is 13.1. The van der Waals surface area contributed by atoms with Crippen LogP contribution in [-0.2, 0) is 0 Å². The summed E-state index contributed by atoms with van der Waals surface area (Å²) < 4.78 is 1.01. The molecule has 110 valence electrons. The molecule has 0 spiro atoms. The number of anilines is 1. The van der Waals surface area contributed by atoms with Crippen molar-refractivity contribution in [3.8, 4) is 0 Å². The number of carbonyl (C=O) groups is 1. The van der Waals surface area contributed by atoms with Crippen LogP contribution >= 0.6 is 22.9 Å². The summed E-state index contributed by atoms with van der Waals surface area (Å²) in [5, 5.41) is 4.73. The molecule has 1 heterocycles. The van der Waals surface area contributed by atoms with Crippen LogP contribution in [0.25, 0.3) is 10.1 Å². The largest absolute Gasteiger partial charge is 0.397 e. The number of nitrogens with two attached hydrogens (primary N) is 1. The predicted octanol–water partition coefficient (Wildman–Crippen LogP) is 4.06. The van der Waals surface area contributed by atoms with E-state index in [2.05, 4.69) is 5.32 Å². The second-order valence-electron chi connectivity index (χ2n) is 6.24. The first-order chi connectivity index (χ1) is 10.1. The fourth-order valence-corrected chi connectivity index (χ4v) is 5.09. The first kappa shape index (κ1) is 13.4. The summed E-state index contributed by atoms with van der Waals surface area (Å²) in [5.74, 6) is 1.46. The molecule has 1 amide bonds. The second-order valence-corrected chi connectivity index (χ2v) is 7.73. The third kappa shape index (κ3) is 2.21. The van der Waals surface area contributed by atoms with Crippen LogP contribution in [0, 0.1) is 11.8 Å². The van der Waals surface area contributed by atoms with Crippen molar-refractivity contribution in [2.45, 2.75) is 31.7 Å². The van der Waals surface area contributed by atoms with Crippen molar-refractivity contribution in [3.05, 3.63) is 28.1 Å². The normalized spacial score (nSPS) is 27.4. The summed E-state index contributed by atoms with van der Waals surface area (Å²) in [4.78, 5) is 13.2. The molecule has 1 aromatic heterocycles. The average Bonchev–Trinajstić information content (AvgIpc) is 3.14. The summed E-state index contributed by atoms with van der Waals surface area (Å²) in [6.07, 6.45) is 5.00. The van der Waals surface area contributed by atoms with Crippen LogP contribution in [0.4, 0.5) is 5.69 Å². The smallest absolute Gasteiger partial charge is 0.263 e. The monoisotopic (exact) mass is 320 g/mol. The van der Waals surface area contributed by atoms with Gasteiger partial charge in [0, 0.05) is 21.2 Å². The van der Waals surface area contributed by atoms with Crippen molar-refractivity contribution >= 4 is 44.6 Å². The van der Waals surface area contributed by atoms with Crippen molar-refractivity contribution in [1.29, 1.82) is 0 Å². The molecule has 0 radical (unpaired) electrons. The molecule has 3 unspecified atom stereocenters. The van der Waals surface area contributed by atoms with E-state index in [-0.39, 0.29) is 5.91 Å². The summed E-state index contributed by atoms with van der Waals surface area (Å²) >= 11 is 7.46. The van der Waals surface area contributed by atoms with Gasteiger partial charge in [0.25, 0.3) is 5.91 Å². The molecule has 0 aliphatic heterocycles. The summed E-state index contributed by atoms with van der Waals surface area (Å²) in [5.41, 5.74) is 6.70. The lowest BCUT2D eigenvalue weighted by molar-refractivity contribution is 0.0928. The van der Waals surface area contributed by atoms with Crippen LogP contribution in [0.5, 0.6) is 0 Å². The number of nitrogen functional groups attached to an aromatic ring is 1. The van der Waals surface area contributed by atoms with Crippen LogP contribution in [0.15, 0.2) is 18.2 Å². The maximum Gasteiger partial charge on any atom is 0.263 e. The number of hydrogen-bond donors (Lipinski definition) is 2. The highest BCUT2D eigenvalue weighted by Crippen LogP contribution is 2.44. The van der Waals surface area contributed by atoms with Crippen LogP contribution in [0.1, 0.15) is 35.4 Å². The molecule has 21 heavy (non-hydrogen) atoms. The Bertz CT molecular complexity index is 726. The molecule has 5 heteroatoms. The minimum Gasteiger partial charge on any atom is -0.397 e. The Morgan fingerprint density at radius 1 is 1.33 bits per heavy atom. The van der Waals surface area contributed by atoms with E-state index in [0.29, 0.717) is 27.5 Å². The topological polar surface area (TPSA) is 55.1 Å². The summed E-state index contributed by atoms with van der Waals surface area (Å²) in [6.45, 7) is 0. The summed E-state index contributed by atoms with van der Waals surface area (Å²) in [7, 11) is 0. The number of carbonyl (C=O) groups excluding carboxylic acids is 1. The summed E-state index contributed by atoms with van der Waals surface area (Å²) in [6, 6.07) is 5.92. The molecule has 1 aromatic carbocycles. The molecule has 3 atom stereocenters. The molecule has 0 saturated heterocycles. The molecule has 2 bridgehead atoms. The van der Waals surface area contributed by atoms with Gasteiger partial charge in [-0.15, -0.1) is 11.3 Å². The van der Waals surface area contributed by atoms with Crippen LogP contribution in [0.3, 0.4) is 0 Å². The molecular formula is C16H17ClN2OS. The number of nitrogens with one attached hydrogen (secondary N) is 1. The van der Waals surface area contributed by atoms with E-state index in [1.54, 1.807) is 0 Å². The van der Waals surface area contributed by atoms with Gasteiger partial charge < -0.3 is 11.1 Å². The number of hydrogen-bond acceptors (Lipinski definition) is 3. The number of halogens is 1. The average molecular weight is 321 g/mol. The van der Waals surface area contributed by atoms with Crippen LogP contribution < -0.4 is 11.1 Å². The zero-order valence-electron chi connectivity index (χ0n) is 11.6. The fourth-order valence-electron chi connectivity index (χ4n) is 3.91. The van der Waals surface area contributed by atoms with E-state index < -0.39 is 0 Å². The number of thiophene rings is 1. The highest BCUT2D eigenvalue weighted by Gasteiger charge is 2.40. The van der Waals surface area contributed by atoms with E-state index in [0.717, 1.165) is 22.4 Å².